The fraction of sp³-hybridized carbons (Fsp3) is 0.357. The highest BCUT2D eigenvalue weighted by molar-refractivity contribution is 5.87. The molecule has 2 aliphatic heterocycles. The Morgan fingerprint density at radius 3 is 1.74 bits per heavy atom. The van der Waals surface area contributed by atoms with Crippen molar-refractivity contribution in [1.82, 2.24) is 0 Å². The lowest BCUT2D eigenvalue weighted by Gasteiger charge is -2.16. The van der Waals surface area contributed by atoms with Gasteiger partial charge in [0.05, 0.1) is 19.8 Å². The smallest absolute Gasteiger partial charge is 0.331 e. The topological polar surface area (TPSA) is 80.3 Å². The molecule has 7 nitrogen and oxygen atoms in total. The molecule has 0 bridgehead atoms. The average Bonchev–Trinajstić information content (AvgIpc) is 3.46. The number of carbonyl (C=O) groups is 2. The molecule has 4 unspecified atom stereocenters. The summed E-state index contributed by atoms with van der Waals surface area (Å²) in [6.45, 7) is 4.99. The maximum atomic E-state index is 12.3. The molecule has 2 heterocycles. The summed E-state index contributed by atoms with van der Waals surface area (Å²) in [7, 11) is 0. The molecule has 0 amide bonds. The van der Waals surface area contributed by atoms with Crippen LogP contribution in [0.15, 0.2) is 60.7 Å². The van der Waals surface area contributed by atoms with Crippen molar-refractivity contribution < 1.29 is 33.3 Å². The van der Waals surface area contributed by atoms with Crippen molar-refractivity contribution in [2.45, 2.75) is 44.7 Å². The predicted molar refractivity (Wildman–Crippen MR) is 131 cm³/mol. The van der Waals surface area contributed by atoms with Crippen LogP contribution >= 0.6 is 0 Å². The lowest BCUT2D eigenvalue weighted by atomic mass is 10.1. The molecular formula is C28H30O7. The maximum absolute atomic E-state index is 12.3. The lowest BCUT2D eigenvalue weighted by molar-refractivity contribution is -0.149. The first-order valence-corrected chi connectivity index (χ1v) is 11.9. The normalized spacial score (nSPS) is 23.5. The van der Waals surface area contributed by atoms with E-state index in [0.717, 1.165) is 23.3 Å². The number of fused-ring (bicyclic) bond motifs is 1. The van der Waals surface area contributed by atoms with Crippen LogP contribution in [-0.4, -0.2) is 56.2 Å². The number of benzene rings is 2. The van der Waals surface area contributed by atoms with Gasteiger partial charge in [-0.15, -0.1) is 0 Å². The molecule has 2 aliphatic rings. The molecule has 2 fully saturated rings. The minimum absolute atomic E-state index is 0.186. The number of carbonyl (C=O) groups excluding carboxylic acids is 2. The van der Waals surface area contributed by atoms with E-state index in [-0.39, 0.29) is 13.2 Å². The van der Waals surface area contributed by atoms with Crippen LogP contribution in [0.4, 0.5) is 0 Å². The summed E-state index contributed by atoms with van der Waals surface area (Å²) in [4.78, 5) is 24.6. The van der Waals surface area contributed by atoms with E-state index in [1.807, 2.05) is 55.5 Å². The third kappa shape index (κ3) is 6.59. The zero-order valence-electron chi connectivity index (χ0n) is 19.9. The Balaban J connectivity index is 1.25. The molecule has 0 aromatic heterocycles. The molecular weight excluding hydrogens is 448 g/mol. The van der Waals surface area contributed by atoms with Crippen molar-refractivity contribution in [3.05, 3.63) is 77.4 Å². The molecule has 2 saturated heterocycles. The Morgan fingerprint density at radius 2 is 1.29 bits per heavy atom. The summed E-state index contributed by atoms with van der Waals surface area (Å²) in [5.41, 5.74) is 3.01. The van der Waals surface area contributed by atoms with E-state index < -0.39 is 36.4 Å². The van der Waals surface area contributed by atoms with Crippen molar-refractivity contribution >= 4 is 24.1 Å². The van der Waals surface area contributed by atoms with Crippen LogP contribution in [0.5, 0.6) is 5.75 Å². The van der Waals surface area contributed by atoms with Crippen LogP contribution in [-0.2, 0) is 35.0 Å². The summed E-state index contributed by atoms with van der Waals surface area (Å²) in [6.07, 6.45) is 5.06. The van der Waals surface area contributed by atoms with Gasteiger partial charge < -0.3 is 23.7 Å². The fourth-order valence-electron chi connectivity index (χ4n) is 4.04. The van der Waals surface area contributed by atoms with Crippen molar-refractivity contribution in [3.8, 4) is 5.75 Å². The first kappa shape index (κ1) is 24.7. The summed E-state index contributed by atoms with van der Waals surface area (Å²) < 4.78 is 28.0. The van der Waals surface area contributed by atoms with E-state index in [2.05, 4.69) is 6.92 Å². The van der Waals surface area contributed by atoms with Gasteiger partial charge in [-0.3, -0.25) is 0 Å². The lowest BCUT2D eigenvalue weighted by Crippen LogP contribution is -2.35. The number of aryl methyl sites for hydroxylation is 1. The van der Waals surface area contributed by atoms with E-state index >= 15 is 0 Å². The Hall–Kier alpha value is -3.42. The first-order chi connectivity index (χ1) is 17.1. The number of hydrogen-bond donors (Lipinski definition) is 0. The highest BCUT2D eigenvalue weighted by atomic mass is 16.7. The van der Waals surface area contributed by atoms with Crippen LogP contribution in [0.2, 0.25) is 0 Å². The fourth-order valence-corrected chi connectivity index (χ4v) is 4.04. The van der Waals surface area contributed by atoms with Crippen molar-refractivity contribution in [2.75, 3.05) is 19.8 Å². The van der Waals surface area contributed by atoms with Gasteiger partial charge in [-0.2, -0.15) is 0 Å². The van der Waals surface area contributed by atoms with E-state index in [4.69, 9.17) is 23.7 Å². The molecule has 0 radical (unpaired) electrons. The highest BCUT2D eigenvalue weighted by Crippen LogP contribution is 2.31. The van der Waals surface area contributed by atoms with Gasteiger partial charge >= 0.3 is 11.9 Å². The van der Waals surface area contributed by atoms with Crippen LogP contribution < -0.4 is 4.74 Å². The molecule has 4 atom stereocenters. The Morgan fingerprint density at radius 1 is 0.800 bits per heavy atom. The predicted octanol–water partition coefficient (Wildman–Crippen LogP) is 4.00. The summed E-state index contributed by atoms with van der Waals surface area (Å²) >= 11 is 0. The van der Waals surface area contributed by atoms with Crippen LogP contribution in [0.3, 0.4) is 0 Å². The van der Waals surface area contributed by atoms with E-state index in [1.54, 1.807) is 12.2 Å². The maximum Gasteiger partial charge on any atom is 0.331 e. The van der Waals surface area contributed by atoms with E-state index in [0.29, 0.717) is 6.61 Å². The van der Waals surface area contributed by atoms with Crippen LogP contribution in [0.25, 0.3) is 12.2 Å². The zero-order chi connectivity index (χ0) is 24.6. The molecule has 7 heteroatoms. The largest absolute Gasteiger partial charge is 0.494 e. The molecule has 184 valence electrons. The number of hydrogen-bond acceptors (Lipinski definition) is 7. The highest BCUT2D eigenvalue weighted by Gasteiger charge is 2.51. The summed E-state index contributed by atoms with van der Waals surface area (Å²) in [6, 6.07) is 15.4. The summed E-state index contributed by atoms with van der Waals surface area (Å²) in [5.74, 6) is -0.188. The molecule has 0 saturated carbocycles. The Labute approximate surface area is 205 Å². The minimum Gasteiger partial charge on any atom is -0.494 e. The van der Waals surface area contributed by atoms with E-state index in [1.165, 1.54) is 17.7 Å². The average molecular weight is 479 g/mol. The molecule has 4 rings (SSSR count). The standard InChI is InChI=1S/C28H30O7/c1-3-19-5-7-20(8-6-19)11-15-25(29)34-23-17-32-28-24(18-33-27(23)28)35-26(30)16-12-21-9-13-22(14-10-21)31-4-2/h5-16,23-24,27-28H,3-4,17-18H2,1-2H3. The van der Waals surface area contributed by atoms with Crippen LogP contribution in [0.1, 0.15) is 30.5 Å². The second-order valence-electron chi connectivity index (χ2n) is 8.31. The third-order valence-electron chi connectivity index (χ3n) is 5.90. The molecule has 0 N–H and O–H groups in total. The number of esters is 2. The van der Waals surface area contributed by atoms with Gasteiger partial charge in [-0.1, -0.05) is 43.3 Å². The minimum atomic E-state index is -0.561. The summed E-state index contributed by atoms with van der Waals surface area (Å²) in [5, 5.41) is 0. The molecule has 0 aliphatic carbocycles. The van der Waals surface area contributed by atoms with Crippen molar-refractivity contribution in [1.29, 1.82) is 0 Å². The second-order valence-corrected chi connectivity index (χ2v) is 8.31. The SMILES string of the molecule is CCOc1ccc(C=CC(=O)OC2COC3C(OC(=O)C=Cc4ccc(CC)cc4)COC23)cc1. The van der Waals surface area contributed by atoms with Gasteiger partial charge in [0.25, 0.3) is 0 Å². The van der Waals surface area contributed by atoms with Gasteiger partial charge in [0.2, 0.25) is 0 Å². The quantitative estimate of drug-likeness (QED) is 0.398. The van der Waals surface area contributed by atoms with Gasteiger partial charge in [-0.25, -0.2) is 9.59 Å². The van der Waals surface area contributed by atoms with E-state index in [9.17, 15) is 9.59 Å². The second kappa shape index (κ2) is 11.8. The Kier molecular flexibility index (Phi) is 8.34. The Bertz CT molecular complexity index is 1060. The van der Waals surface area contributed by atoms with Gasteiger partial charge in [0.1, 0.15) is 18.0 Å². The monoisotopic (exact) mass is 478 g/mol. The van der Waals surface area contributed by atoms with Gasteiger partial charge in [0.15, 0.2) is 12.2 Å². The van der Waals surface area contributed by atoms with Crippen molar-refractivity contribution in [3.63, 3.8) is 0 Å². The van der Waals surface area contributed by atoms with Gasteiger partial charge in [-0.05, 0) is 54.3 Å². The molecule has 2 aromatic rings. The molecule has 2 aromatic carbocycles. The van der Waals surface area contributed by atoms with Crippen LogP contribution in [0, 0.1) is 0 Å². The van der Waals surface area contributed by atoms with Crippen molar-refractivity contribution in [2.24, 2.45) is 0 Å². The molecule has 0 spiro atoms. The number of rotatable bonds is 9. The first-order valence-electron chi connectivity index (χ1n) is 11.9. The zero-order valence-corrected chi connectivity index (χ0v) is 19.9. The van der Waals surface area contributed by atoms with Gasteiger partial charge in [0, 0.05) is 12.2 Å². The number of ether oxygens (including phenoxy) is 5. The third-order valence-corrected chi connectivity index (χ3v) is 5.90. The molecule has 35 heavy (non-hydrogen) atoms.